The Hall–Kier alpha value is -1.86. The lowest BCUT2D eigenvalue weighted by Crippen LogP contribution is -2.28. The number of rotatable bonds is 5. The number of hydrogen-bond acceptors (Lipinski definition) is 4. The Morgan fingerprint density at radius 3 is 2.38 bits per heavy atom. The Bertz CT molecular complexity index is 701. The number of nitrogens with one attached hydrogen (secondary N) is 2. The monoisotopic (exact) mass is 309 g/mol. The third kappa shape index (κ3) is 3.25. The standard InChI is InChI=1S/C14H19N3O3S/c1-9-7-12(20-4)8-10(2)13(9)21(18,19)17-11(3)14-15-5-6-16-14/h5-8,11,17H,1-4H3,(H,15,16). The van der Waals surface area contributed by atoms with Gasteiger partial charge in [-0.15, -0.1) is 0 Å². The molecule has 0 radical (unpaired) electrons. The molecule has 0 saturated carbocycles. The third-order valence-corrected chi connectivity index (χ3v) is 5.04. The van der Waals surface area contributed by atoms with Gasteiger partial charge in [0, 0.05) is 12.4 Å². The third-order valence-electron chi connectivity index (χ3n) is 3.20. The van der Waals surface area contributed by atoms with E-state index in [4.69, 9.17) is 4.74 Å². The average Bonchev–Trinajstić information content (AvgIpc) is 2.90. The number of hydrogen-bond donors (Lipinski definition) is 2. The van der Waals surface area contributed by atoms with Crippen LogP contribution in [0.15, 0.2) is 29.4 Å². The summed E-state index contributed by atoms with van der Waals surface area (Å²) in [6.07, 6.45) is 3.24. The minimum absolute atomic E-state index is 0.279. The van der Waals surface area contributed by atoms with E-state index in [1.54, 1.807) is 52.4 Å². The van der Waals surface area contributed by atoms with Crippen LogP contribution in [0.25, 0.3) is 0 Å². The fourth-order valence-electron chi connectivity index (χ4n) is 2.31. The summed E-state index contributed by atoms with van der Waals surface area (Å²) in [4.78, 5) is 7.24. The predicted octanol–water partition coefficient (Wildman–Crippen LogP) is 2.07. The maximum absolute atomic E-state index is 12.6. The molecule has 1 atom stereocenters. The van der Waals surface area contributed by atoms with E-state index in [1.807, 2.05) is 0 Å². The average molecular weight is 309 g/mol. The topological polar surface area (TPSA) is 84.1 Å². The number of ether oxygens (including phenoxy) is 1. The van der Waals surface area contributed by atoms with Crippen LogP contribution >= 0.6 is 0 Å². The molecule has 0 aliphatic carbocycles. The molecule has 0 aliphatic heterocycles. The number of aryl methyl sites for hydroxylation is 2. The second-order valence-corrected chi connectivity index (χ2v) is 6.56. The van der Waals surface area contributed by atoms with Crippen molar-refractivity contribution in [1.29, 1.82) is 0 Å². The first-order valence-corrected chi connectivity index (χ1v) is 8.00. The van der Waals surface area contributed by atoms with Crippen molar-refractivity contribution in [3.8, 4) is 5.75 Å². The number of benzene rings is 1. The molecule has 0 fully saturated rings. The number of sulfonamides is 1. The molecule has 21 heavy (non-hydrogen) atoms. The van der Waals surface area contributed by atoms with Crippen molar-refractivity contribution in [1.82, 2.24) is 14.7 Å². The molecular weight excluding hydrogens is 290 g/mol. The van der Waals surface area contributed by atoms with E-state index >= 15 is 0 Å². The zero-order valence-electron chi connectivity index (χ0n) is 12.5. The van der Waals surface area contributed by atoms with Gasteiger partial charge >= 0.3 is 0 Å². The molecule has 0 spiro atoms. The summed E-state index contributed by atoms with van der Waals surface area (Å²) in [6.45, 7) is 5.24. The van der Waals surface area contributed by atoms with Crippen molar-refractivity contribution in [3.63, 3.8) is 0 Å². The molecule has 7 heteroatoms. The van der Waals surface area contributed by atoms with E-state index in [9.17, 15) is 8.42 Å². The minimum Gasteiger partial charge on any atom is -0.497 e. The highest BCUT2D eigenvalue weighted by molar-refractivity contribution is 7.89. The lowest BCUT2D eigenvalue weighted by atomic mass is 10.1. The Kier molecular flexibility index (Phi) is 4.34. The number of methoxy groups -OCH3 is 1. The largest absolute Gasteiger partial charge is 0.497 e. The molecule has 114 valence electrons. The fraction of sp³-hybridized carbons (Fsp3) is 0.357. The molecule has 1 unspecified atom stereocenters. The quantitative estimate of drug-likeness (QED) is 0.885. The van der Waals surface area contributed by atoms with Gasteiger partial charge in [-0.3, -0.25) is 0 Å². The van der Waals surface area contributed by atoms with E-state index in [0.717, 1.165) is 0 Å². The van der Waals surface area contributed by atoms with Gasteiger partial charge in [-0.2, -0.15) is 0 Å². The second-order valence-electron chi connectivity index (χ2n) is 4.91. The molecule has 0 bridgehead atoms. The zero-order valence-corrected chi connectivity index (χ0v) is 13.3. The van der Waals surface area contributed by atoms with Crippen molar-refractivity contribution < 1.29 is 13.2 Å². The van der Waals surface area contributed by atoms with E-state index in [1.165, 1.54) is 0 Å². The SMILES string of the molecule is COc1cc(C)c(S(=O)(=O)NC(C)c2ncc[nH]2)c(C)c1. The van der Waals surface area contributed by atoms with E-state index in [-0.39, 0.29) is 4.90 Å². The lowest BCUT2D eigenvalue weighted by molar-refractivity contribution is 0.413. The Morgan fingerprint density at radius 2 is 1.90 bits per heavy atom. The van der Waals surface area contributed by atoms with E-state index in [2.05, 4.69) is 14.7 Å². The number of H-pyrrole nitrogens is 1. The summed E-state index contributed by atoms with van der Waals surface area (Å²) >= 11 is 0. The molecule has 6 nitrogen and oxygen atoms in total. The maximum Gasteiger partial charge on any atom is 0.241 e. The molecule has 0 aliphatic rings. The molecule has 2 aromatic rings. The number of aromatic amines is 1. The molecule has 2 rings (SSSR count). The van der Waals surface area contributed by atoms with E-state index in [0.29, 0.717) is 22.7 Å². The van der Waals surface area contributed by atoms with Crippen LogP contribution in [0.2, 0.25) is 0 Å². The first kappa shape index (κ1) is 15.5. The van der Waals surface area contributed by atoms with Gasteiger partial charge in [0.25, 0.3) is 0 Å². The first-order chi connectivity index (χ1) is 9.85. The van der Waals surface area contributed by atoms with Gasteiger partial charge in [0.05, 0.1) is 18.0 Å². The minimum atomic E-state index is -3.64. The molecule has 1 heterocycles. The van der Waals surface area contributed by atoms with Gasteiger partial charge in [0.1, 0.15) is 11.6 Å². The molecule has 1 aromatic heterocycles. The van der Waals surface area contributed by atoms with Crippen LogP contribution in [0.4, 0.5) is 0 Å². The highest BCUT2D eigenvalue weighted by atomic mass is 32.2. The molecular formula is C14H19N3O3S. The number of aromatic nitrogens is 2. The van der Waals surface area contributed by atoms with Gasteiger partial charge in [0.15, 0.2) is 0 Å². The molecule has 2 N–H and O–H groups in total. The van der Waals surface area contributed by atoms with Crippen LogP contribution in [0, 0.1) is 13.8 Å². The Labute approximate surface area is 124 Å². The summed E-state index contributed by atoms with van der Waals surface area (Å²) in [5.41, 5.74) is 1.29. The van der Waals surface area contributed by atoms with Crippen LogP contribution in [-0.2, 0) is 10.0 Å². The highest BCUT2D eigenvalue weighted by Crippen LogP contribution is 2.26. The highest BCUT2D eigenvalue weighted by Gasteiger charge is 2.23. The molecule has 0 amide bonds. The first-order valence-electron chi connectivity index (χ1n) is 6.52. The summed E-state index contributed by atoms with van der Waals surface area (Å²) in [6, 6.07) is 2.98. The lowest BCUT2D eigenvalue weighted by Gasteiger charge is -2.16. The number of nitrogens with zero attached hydrogens (tertiary/aromatic N) is 1. The summed E-state index contributed by atoms with van der Waals surface area (Å²) in [7, 11) is -2.08. The van der Waals surface area contributed by atoms with E-state index < -0.39 is 16.1 Å². The smallest absolute Gasteiger partial charge is 0.241 e. The van der Waals surface area contributed by atoms with Crippen LogP contribution in [0.5, 0.6) is 5.75 Å². The number of imidazole rings is 1. The van der Waals surface area contributed by atoms with Crippen molar-refractivity contribution in [3.05, 3.63) is 41.5 Å². The van der Waals surface area contributed by atoms with Crippen LogP contribution in [0.1, 0.15) is 29.9 Å². The summed E-state index contributed by atoms with van der Waals surface area (Å²) in [5.74, 6) is 1.21. The van der Waals surface area contributed by atoms with Crippen molar-refractivity contribution in [2.24, 2.45) is 0 Å². The Balaban J connectivity index is 2.36. The maximum atomic E-state index is 12.6. The second kappa shape index (κ2) is 5.87. The molecule has 1 aromatic carbocycles. The van der Waals surface area contributed by atoms with Crippen LogP contribution in [0.3, 0.4) is 0 Å². The van der Waals surface area contributed by atoms with Crippen molar-refractivity contribution >= 4 is 10.0 Å². The van der Waals surface area contributed by atoms with Gasteiger partial charge in [-0.05, 0) is 44.0 Å². The van der Waals surface area contributed by atoms with Crippen molar-refractivity contribution in [2.75, 3.05) is 7.11 Å². The summed E-state index contributed by atoms with van der Waals surface area (Å²) in [5, 5.41) is 0. The Morgan fingerprint density at radius 1 is 1.29 bits per heavy atom. The van der Waals surface area contributed by atoms with Gasteiger partial charge in [-0.1, -0.05) is 0 Å². The zero-order chi connectivity index (χ0) is 15.6. The summed E-state index contributed by atoms with van der Waals surface area (Å²) < 4.78 is 33.0. The normalized spacial score (nSPS) is 13.1. The van der Waals surface area contributed by atoms with Gasteiger partial charge in [0.2, 0.25) is 10.0 Å². The van der Waals surface area contributed by atoms with Gasteiger partial charge in [-0.25, -0.2) is 18.1 Å². The fourth-order valence-corrected chi connectivity index (χ4v) is 3.97. The predicted molar refractivity (Wildman–Crippen MR) is 79.8 cm³/mol. The van der Waals surface area contributed by atoms with Crippen LogP contribution < -0.4 is 9.46 Å². The van der Waals surface area contributed by atoms with Gasteiger partial charge < -0.3 is 9.72 Å². The van der Waals surface area contributed by atoms with Crippen LogP contribution in [-0.4, -0.2) is 25.5 Å². The molecule has 0 saturated heterocycles. The van der Waals surface area contributed by atoms with Crippen molar-refractivity contribution in [2.45, 2.75) is 31.7 Å².